The minimum absolute atomic E-state index is 0.00743. The van der Waals surface area contributed by atoms with Gasteiger partial charge in [-0.2, -0.15) is 10.5 Å². The molecule has 9 aromatic rings. The molecule has 0 amide bonds. The van der Waals surface area contributed by atoms with Crippen molar-refractivity contribution in [3.63, 3.8) is 0 Å². The standard InChI is InChI=1S/C48H27N3S/c49-25-30-11-7-14-34-43(30)38-23-27-8-6-12-31(22-27)48(38)37-18-21-40(36(26-50)44(37)46(34)48)51-39-19-16-29(28-9-2-1-3-10-28)24-35(39)45-41(51)20-17-33-32-13-4-5-15-42(32)52-47(33)45/h1-22,24,38,46H,23H2. The Balaban J connectivity index is 1.18. The number of nitrogens with zero attached hydrogens (tertiary/aromatic N) is 3. The number of nitriles is 2. The maximum absolute atomic E-state index is 11.2. The van der Waals surface area contributed by atoms with Crippen LogP contribution in [0.3, 0.4) is 0 Å². The van der Waals surface area contributed by atoms with Crippen molar-refractivity contribution >= 4 is 53.3 Å². The molecule has 1 spiro atoms. The molecule has 0 aliphatic heterocycles. The third-order valence-electron chi connectivity index (χ3n) is 12.5. The SMILES string of the molecule is N#Cc1cccc2c1C1Cc3cccc(c3)C13c1ccc(-n4c5ccc(-c6ccccc6)cc5c5c6sc7ccccc7c6ccc54)c(C#N)c1C23. The van der Waals surface area contributed by atoms with Gasteiger partial charge in [-0.05, 0) is 87.3 Å². The van der Waals surface area contributed by atoms with Crippen molar-refractivity contribution in [2.24, 2.45) is 0 Å². The van der Waals surface area contributed by atoms with Gasteiger partial charge in [-0.25, -0.2) is 0 Å². The topological polar surface area (TPSA) is 52.5 Å². The highest BCUT2D eigenvalue weighted by molar-refractivity contribution is 7.26. The minimum Gasteiger partial charge on any atom is -0.308 e. The van der Waals surface area contributed by atoms with E-state index in [1.165, 1.54) is 69.9 Å². The van der Waals surface area contributed by atoms with Crippen LogP contribution in [0.4, 0.5) is 0 Å². The van der Waals surface area contributed by atoms with Crippen molar-refractivity contribution in [3.05, 3.63) is 184 Å². The van der Waals surface area contributed by atoms with Crippen molar-refractivity contribution in [2.75, 3.05) is 0 Å². The number of aromatic nitrogens is 1. The predicted octanol–water partition coefficient (Wildman–Crippen LogP) is 11.6. The Morgan fingerprint density at radius 2 is 1.50 bits per heavy atom. The van der Waals surface area contributed by atoms with E-state index in [0.717, 1.165) is 39.8 Å². The van der Waals surface area contributed by atoms with Crippen LogP contribution in [0.5, 0.6) is 0 Å². The molecule has 12 rings (SSSR count). The Morgan fingerprint density at radius 1 is 0.654 bits per heavy atom. The summed E-state index contributed by atoms with van der Waals surface area (Å²) in [6, 6.07) is 55.6. The molecule has 3 aliphatic rings. The van der Waals surface area contributed by atoms with E-state index in [2.05, 4.69) is 144 Å². The Hall–Kier alpha value is -6.46. The van der Waals surface area contributed by atoms with Gasteiger partial charge >= 0.3 is 0 Å². The summed E-state index contributed by atoms with van der Waals surface area (Å²) in [5.41, 5.74) is 14.0. The average molecular weight is 678 g/mol. The monoisotopic (exact) mass is 677 g/mol. The Labute approximate surface area is 303 Å². The van der Waals surface area contributed by atoms with E-state index in [0.29, 0.717) is 0 Å². The zero-order chi connectivity index (χ0) is 34.3. The highest BCUT2D eigenvalue weighted by Crippen LogP contribution is 2.72. The van der Waals surface area contributed by atoms with Crippen LogP contribution in [0.25, 0.3) is 58.8 Å². The summed E-state index contributed by atoms with van der Waals surface area (Å²) in [6.45, 7) is 0. The second kappa shape index (κ2) is 9.86. The first-order chi connectivity index (χ1) is 25.7. The molecule has 3 aliphatic carbocycles. The second-order valence-corrected chi connectivity index (χ2v) is 15.6. The third kappa shape index (κ3) is 3.26. The highest BCUT2D eigenvalue weighted by atomic mass is 32.1. The van der Waals surface area contributed by atoms with Crippen molar-refractivity contribution in [2.45, 2.75) is 23.7 Å². The van der Waals surface area contributed by atoms with Crippen LogP contribution in [0.15, 0.2) is 140 Å². The van der Waals surface area contributed by atoms with Gasteiger partial charge in [0.2, 0.25) is 0 Å². The molecule has 240 valence electrons. The molecule has 7 aromatic carbocycles. The number of rotatable bonds is 2. The maximum Gasteiger partial charge on any atom is 0.102 e. The van der Waals surface area contributed by atoms with Crippen LogP contribution in [0.2, 0.25) is 0 Å². The van der Waals surface area contributed by atoms with Crippen LogP contribution in [0.1, 0.15) is 56.3 Å². The molecule has 2 heterocycles. The molecule has 2 bridgehead atoms. The minimum atomic E-state index is -0.280. The lowest BCUT2D eigenvalue weighted by Gasteiger charge is -2.54. The third-order valence-corrected chi connectivity index (χ3v) is 13.7. The summed E-state index contributed by atoms with van der Waals surface area (Å²) >= 11 is 1.85. The zero-order valence-electron chi connectivity index (χ0n) is 27.9. The van der Waals surface area contributed by atoms with Crippen molar-refractivity contribution in [1.29, 1.82) is 10.5 Å². The molecule has 52 heavy (non-hydrogen) atoms. The lowest BCUT2D eigenvalue weighted by Crippen LogP contribution is -2.48. The summed E-state index contributed by atoms with van der Waals surface area (Å²) in [4.78, 5) is 0. The van der Waals surface area contributed by atoms with Gasteiger partial charge in [-0.1, -0.05) is 103 Å². The number of fused-ring (bicyclic) bond motifs is 14. The molecule has 2 aromatic heterocycles. The molecule has 3 unspecified atom stereocenters. The van der Waals surface area contributed by atoms with Gasteiger partial charge in [0, 0.05) is 48.2 Å². The highest BCUT2D eigenvalue weighted by Gasteiger charge is 2.65. The van der Waals surface area contributed by atoms with Gasteiger partial charge in [0.05, 0.1) is 33.9 Å². The number of benzene rings is 7. The summed E-state index contributed by atoms with van der Waals surface area (Å²) in [7, 11) is 0. The van der Waals surface area contributed by atoms with E-state index in [-0.39, 0.29) is 17.3 Å². The fourth-order valence-electron chi connectivity index (χ4n) is 10.5. The summed E-state index contributed by atoms with van der Waals surface area (Å²) in [5.74, 6) is 0.170. The largest absolute Gasteiger partial charge is 0.308 e. The zero-order valence-corrected chi connectivity index (χ0v) is 28.7. The lowest BCUT2D eigenvalue weighted by molar-refractivity contribution is 0.340. The molecular formula is C48H27N3S. The van der Waals surface area contributed by atoms with Crippen LogP contribution < -0.4 is 0 Å². The smallest absolute Gasteiger partial charge is 0.102 e. The Morgan fingerprint density at radius 3 is 2.38 bits per heavy atom. The van der Waals surface area contributed by atoms with Crippen molar-refractivity contribution in [1.82, 2.24) is 4.57 Å². The molecule has 0 N–H and O–H groups in total. The predicted molar refractivity (Wildman–Crippen MR) is 210 cm³/mol. The molecule has 0 radical (unpaired) electrons. The molecule has 0 saturated carbocycles. The Bertz CT molecular complexity index is 3150. The summed E-state index contributed by atoms with van der Waals surface area (Å²) < 4.78 is 4.89. The normalized spacial score (nSPS) is 19.1. The van der Waals surface area contributed by atoms with Crippen LogP contribution in [-0.2, 0) is 11.8 Å². The van der Waals surface area contributed by atoms with E-state index in [1.54, 1.807) is 0 Å². The second-order valence-electron chi connectivity index (χ2n) is 14.6. The molecular weight excluding hydrogens is 651 g/mol. The summed E-state index contributed by atoms with van der Waals surface area (Å²) in [6.07, 6.45) is 0.890. The van der Waals surface area contributed by atoms with Crippen LogP contribution in [0, 0.1) is 22.7 Å². The first kappa shape index (κ1) is 28.3. The first-order valence-corrected chi connectivity index (χ1v) is 18.7. The van der Waals surface area contributed by atoms with Crippen molar-refractivity contribution in [3.8, 4) is 29.0 Å². The fraction of sp³-hybridized carbons (Fsp3) is 0.0833. The first-order valence-electron chi connectivity index (χ1n) is 17.8. The van der Waals surface area contributed by atoms with Gasteiger partial charge in [0.1, 0.15) is 6.07 Å². The van der Waals surface area contributed by atoms with E-state index in [9.17, 15) is 10.5 Å². The molecule has 0 fully saturated rings. The van der Waals surface area contributed by atoms with E-state index in [1.807, 2.05) is 23.5 Å². The van der Waals surface area contributed by atoms with Gasteiger partial charge in [-0.15, -0.1) is 11.3 Å². The van der Waals surface area contributed by atoms with Gasteiger partial charge in [0.25, 0.3) is 0 Å². The Kier molecular flexibility index (Phi) is 5.36. The van der Waals surface area contributed by atoms with Crippen molar-refractivity contribution < 1.29 is 0 Å². The number of hydrogen-bond acceptors (Lipinski definition) is 3. The quantitative estimate of drug-likeness (QED) is 0.183. The van der Waals surface area contributed by atoms with E-state index >= 15 is 0 Å². The summed E-state index contributed by atoms with van der Waals surface area (Å²) in [5, 5.41) is 26.5. The lowest BCUT2D eigenvalue weighted by atomic mass is 9.48. The number of thiophene rings is 1. The van der Waals surface area contributed by atoms with Gasteiger partial charge in [0.15, 0.2) is 0 Å². The maximum atomic E-state index is 11.2. The molecule has 0 saturated heterocycles. The van der Waals surface area contributed by atoms with E-state index < -0.39 is 0 Å². The van der Waals surface area contributed by atoms with Crippen LogP contribution >= 0.6 is 11.3 Å². The molecule has 4 heteroatoms. The number of hydrogen-bond donors (Lipinski definition) is 0. The molecule has 3 atom stereocenters. The van der Waals surface area contributed by atoms with Gasteiger partial charge < -0.3 is 4.57 Å². The van der Waals surface area contributed by atoms with Crippen LogP contribution in [-0.4, -0.2) is 4.57 Å². The van der Waals surface area contributed by atoms with E-state index in [4.69, 9.17) is 0 Å². The van der Waals surface area contributed by atoms with Gasteiger partial charge in [-0.3, -0.25) is 0 Å². The molecule has 3 nitrogen and oxygen atoms in total. The average Bonchev–Trinajstić information content (AvgIpc) is 3.81. The fourth-order valence-corrected chi connectivity index (χ4v) is 11.8.